The number of nitrogens with one attached hydrogen (secondary N) is 1. The molecule has 1 atom stereocenters. The Balaban J connectivity index is 2.08. The van der Waals surface area contributed by atoms with E-state index in [0.29, 0.717) is 0 Å². The summed E-state index contributed by atoms with van der Waals surface area (Å²) in [5.41, 5.74) is 1.95. The summed E-state index contributed by atoms with van der Waals surface area (Å²) in [5.74, 6) is 0.979. The zero-order chi connectivity index (χ0) is 18.0. The van der Waals surface area contributed by atoms with E-state index in [9.17, 15) is 0 Å². The summed E-state index contributed by atoms with van der Waals surface area (Å²) in [4.78, 5) is 8.21. The van der Waals surface area contributed by atoms with E-state index in [0.717, 1.165) is 12.2 Å². The maximum atomic E-state index is 4.77. The van der Waals surface area contributed by atoms with Gasteiger partial charge in [0.15, 0.2) is 0 Å². The van der Waals surface area contributed by atoms with Crippen molar-refractivity contribution >= 4 is 22.6 Å². The SMILES string of the molecule is CC1(C(c2ccccc2)(c2ccccc2)c2ncc[nH]2)C=CC(I)=CC1. The maximum absolute atomic E-state index is 4.77. The molecule has 0 saturated carbocycles. The fourth-order valence-electron chi connectivity index (χ4n) is 4.20. The Labute approximate surface area is 168 Å². The number of nitrogens with zero attached hydrogens (tertiary/aromatic N) is 1. The highest BCUT2D eigenvalue weighted by Crippen LogP contribution is 2.55. The molecule has 130 valence electrons. The Kier molecular flexibility index (Phi) is 4.57. The number of aromatic amines is 1. The lowest BCUT2D eigenvalue weighted by molar-refractivity contribution is 0.276. The summed E-state index contributed by atoms with van der Waals surface area (Å²) >= 11 is 2.40. The van der Waals surface area contributed by atoms with Gasteiger partial charge in [-0.2, -0.15) is 0 Å². The van der Waals surface area contributed by atoms with Gasteiger partial charge in [0, 0.05) is 21.4 Å². The van der Waals surface area contributed by atoms with Crippen LogP contribution in [-0.2, 0) is 5.41 Å². The number of aromatic nitrogens is 2. The Morgan fingerprint density at radius 1 is 1.00 bits per heavy atom. The highest BCUT2D eigenvalue weighted by atomic mass is 127. The van der Waals surface area contributed by atoms with Crippen molar-refractivity contribution in [2.75, 3.05) is 0 Å². The zero-order valence-corrected chi connectivity index (χ0v) is 16.9. The molecule has 26 heavy (non-hydrogen) atoms. The topological polar surface area (TPSA) is 28.7 Å². The van der Waals surface area contributed by atoms with E-state index in [1.54, 1.807) is 0 Å². The summed E-state index contributed by atoms with van der Waals surface area (Å²) in [6, 6.07) is 21.5. The van der Waals surface area contributed by atoms with Gasteiger partial charge in [-0.1, -0.05) is 85.8 Å². The first-order chi connectivity index (χ1) is 12.7. The molecule has 1 heterocycles. The van der Waals surface area contributed by atoms with Gasteiger partial charge in [0.1, 0.15) is 5.82 Å². The normalized spacial score (nSPS) is 20.0. The van der Waals surface area contributed by atoms with Gasteiger partial charge in [0.05, 0.1) is 5.41 Å². The van der Waals surface area contributed by atoms with Crippen LogP contribution in [0.15, 0.2) is 94.9 Å². The third kappa shape index (κ3) is 2.65. The minimum Gasteiger partial charge on any atom is -0.348 e. The van der Waals surface area contributed by atoms with Gasteiger partial charge in [-0.15, -0.1) is 0 Å². The van der Waals surface area contributed by atoms with Crippen LogP contribution in [0.1, 0.15) is 30.3 Å². The molecule has 1 unspecified atom stereocenters. The summed E-state index contributed by atoms with van der Waals surface area (Å²) in [6.07, 6.45) is 11.6. The highest BCUT2D eigenvalue weighted by molar-refractivity contribution is 14.1. The largest absolute Gasteiger partial charge is 0.348 e. The van der Waals surface area contributed by atoms with Crippen LogP contribution in [0.2, 0.25) is 0 Å². The van der Waals surface area contributed by atoms with Crippen LogP contribution < -0.4 is 0 Å². The first-order valence-electron chi connectivity index (χ1n) is 8.83. The van der Waals surface area contributed by atoms with Crippen molar-refractivity contribution in [3.8, 4) is 0 Å². The van der Waals surface area contributed by atoms with Gasteiger partial charge < -0.3 is 4.98 Å². The summed E-state index contributed by atoms with van der Waals surface area (Å²) in [7, 11) is 0. The van der Waals surface area contributed by atoms with Gasteiger partial charge in [-0.05, 0) is 40.1 Å². The van der Waals surface area contributed by atoms with E-state index in [1.165, 1.54) is 14.7 Å². The third-order valence-electron chi connectivity index (χ3n) is 5.46. The van der Waals surface area contributed by atoms with Crippen LogP contribution in [0.4, 0.5) is 0 Å². The number of hydrogen-bond donors (Lipinski definition) is 1. The number of imidazole rings is 1. The molecule has 2 nitrogen and oxygen atoms in total. The molecule has 1 N–H and O–H groups in total. The second kappa shape index (κ2) is 6.88. The van der Waals surface area contributed by atoms with Gasteiger partial charge in [-0.3, -0.25) is 0 Å². The lowest BCUT2D eigenvalue weighted by atomic mass is 9.55. The minimum atomic E-state index is -0.399. The van der Waals surface area contributed by atoms with Crippen LogP contribution in [0.25, 0.3) is 0 Å². The van der Waals surface area contributed by atoms with Crippen molar-refractivity contribution in [1.29, 1.82) is 0 Å². The van der Waals surface area contributed by atoms with E-state index >= 15 is 0 Å². The van der Waals surface area contributed by atoms with Gasteiger partial charge >= 0.3 is 0 Å². The monoisotopic (exact) mass is 452 g/mol. The zero-order valence-electron chi connectivity index (χ0n) is 14.7. The molecule has 0 fully saturated rings. The molecule has 0 amide bonds. The number of rotatable bonds is 4. The molecule has 0 spiro atoms. The van der Waals surface area contributed by atoms with E-state index in [1.807, 2.05) is 12.4 Å². The molecule has 0 saturated heterocycles. The number of H-pyrrole nitrogens is 1. The molecule has 0 radical (unpaired) electrons. The number of halogens is 1. The van der Waals surface area contributed by atoms with Crippen LogP contribution in [-0.4, -0.2) is 9.97 Å². The van der Waals surface area contributed by atoms with E-state index < -0.39 is 5.41 Å². The standard InChI is InChI=1S/C23H21IN2/c1-22(14-12-20(24)13-15-22)23(21-25-16-17-26-21,18-8-4-2-5-9-18)19-10-6-3-7-11-19/h2-14,16-17H,15H2,1H3,(H,25,26). The van der Waals surface area contributed by atoms with Crippen molar-refractivity contribution in [3.63, 3.8) is 0 Å². The van der Waals surface area contributed by atoms with Crippen molar-refractivity contribution in [2.24, 2.45) is 5.41 Å². The Morgan fingerprint density at radius 3 is 2.08 bits per heavy atom. The first kappa shape index (κ1) is 17.3. The molecule has 1 aliphatic carbocycles. The maximum Gasteiger partial charge on any atom is 0.122 e. The Morgan fingerprint density at radius 2 is 1.62 bits per heavy atom. The smallest absolute Gasteiger partial charge is 0.122 e. The Bertz CT molecular complexity index is 887. The molecule has 3 heteroatoms. The molecule has 3 aromatic rings. The summed E-state index contributed by atoms with van der Waals surface area (Å²) in [5, 5.41) is 0. The van der Waals surface area contributed by atoms with E-state index in [2.05, 4.69) is 113 Å². The van der Waals surface area contributed by atoms with Crippen molar-refractivity contribution in [2.45, 2.75) is 18.8 Å². The molecule has 0 bridgehead atoms. The van der Waals surface area contributed by atoms with Crippen molar-refractivity contribution in [3.05, 3.63) is 112 Å². The highest BCUT2D eigenvalue weighted by Gasteiger charge is 2.52. The number of benzene rings is 2. The second-order valence-corrected chi connectivity index (χ2v) is 8.21. The van der Waals surface area contributed by atoms with Gasteiger partial charge in [0.25, 0.3) is 0 Å². The van der Waals surface area contributed by atoms with Gasteiger partial charge in [-0.25, -0.2) is 4.98 Å². The predicted octanol–water partition coefficient (Wildman–Crippen LogP) is 6.03. The lowest BCUT2D eigenvalue weighted by Crippen LogP contribution is -2.46. The molecular weight excluding hydrogens is 431 g/mol. The van der Waals surface area contributed by atoms with Crippen LogP contribution in [0.3, 0.4) is 0 Å². The number of allylic oxidation sites excluding steroid dienone is 4. The summed E-state index contributed by atoms with van der Waals surface area (Å²) < 4.78 is 1.29. The molecule has 0 aliphatic heterocycles. The molecule has 1 aliphatic rings. The number of hydrogen-bond acceptors (Lipinski definition) is 1. The predicted molar refractivity (Wildman–Crippen MR) is 115 cm³/mol. The van der Waals surface area contributed by atoms with Crippen molar-refractivity contribution in [1.82, 2.24) is 9.97 Å². The van der Waals surface area contributed by atoms with Crippen LogP contribution in [0.5, 0.6) is 0 Å². The minimum absolute atomic E-state index is 0.151. The fraction of sp³-hybridized carbons (Fsp3) is 0.174. The van der Waals surface area contributed by atoms with E-state index in [-0.39, 0.29) is 5.41 Å². The average molecular weight is 452 g/mol. The quantitative estimate of drug-likeness (QED) is 0.482. The lowest BCUT2D eigenvalue weighted by Gasteiger charge is -2.47. The second-order valence-electron chi connectivity index (χ2n) is 6.96. The molecular formula is C23H21IN2. The third-order valence-corrected chi connectivity index (χ3v) is 6.26. The first-order valence-corrected chi connectivity index (χ1v) is 9.90. The fourth-order valence-corrected chi connectivity index (χ4v) is 4.60. The molecule has 2 aromatic carbocycles. The summed E-state index contributed by atoms with van der Waals surface area (Å²) in [6.45, 7) is 2.34. The van der Waals surface area contributed by atoms with Crippen LogP contribution >= 0.6 is 22.6 Å². The molecule has 1 aromatic heterocycles. The Hall–Kier alpha value is -2.14. The average Bonchev–Trinajstić information content (AvgIpc) is 3.22. The van der Waals surface area contributed by atoms with Gasteiger partial charge in [0.2, 0.25) is 0 Å². The van der Waals surface area contributed by atoms with E-state index in [4.69, 9.17) is 4.98 Å². The van der Waals surface area contributed by atoms with Crippen molar-refractivity contribution < 1.29 is 0 Å². The molecule has 4 rings (SSSR count). The van der Waals surface area contributed by atoms with Crippen LogP contribution in [0, 0.1) is 5.41 Å².